The molecule has 0 aliphatic carbocycles. The summed E-state index contributed by atoms with van der Waals surface area (Å²) in [6.45, 7) is 6.10. The second-order valence-corrected chi connectivity index (χ2v) is 3.92. The van der Waals surface area contributed by atoms with Crippen molar-refractivity contribution >= 4 is 0 Å². The highest BCUT2D eigenvalue weighted by atomic mass is 16.3. The average molecular weight is 211 g/mol. The van der Waals surface area contributed by atoms with Gasteiger partial charge in [-0.1, -0.05) is 6.92 Å². The van der Waals surface area contributed by atoms with E-state index < -0.39 is 0 Å². The van der Waals surface area contributed by atoms with Gasteiger partial charge in [0.05, 0.1) is 0 Å². The summed E-state index contributed by atoms with van der Waals surface area (Å²) in [5.74, 6) is 2.37. The first-order chi connectivity index (χ1) is 7.26. The predicted molar refractivity (Wildman–Crippen MR) is 60.9 cm³/mol. The minimum atomic E-state index is 0.267. The molecule has 0 aliphatic rings. The topological polar surface area (TPSA) is 45.4 Å². The van der Waals surface area contributed by atoms with E-state index in [9.17, 15) is 0 Å². The van der Waals surface area contributed by atoms with E-state index in [0.717, 1.165) is 37.5 Å². The molecule has 0 saturated carbocycles. The molecule has 15 heavy (non-hydrogen) atoms. The summed E-state index contributed by atoms with van der Waals surface area (Å²) in [7, 11) is 0. The Labute approximate surface area is 91.5 Å². The van der Waals surface area contributed by atoms with Crippen LogP contribution in [0.15, 0.2) is 16.5 Å². The van der Waals surface area contributed by atoms with E-state index >= 15 is 0 Å². The predicted octanol–water partition coefficient (Wildman–Crippen LogP) is 1.74. The second kappa shape index (κ2) is 6.64. The van der Waals surface area contributed by atoms with Crippen molar-refractivity contribution in [1.82, 2.24) is 5.32 Å². The number of hydrogen-bond acceptors (Lipinski definition) is 3. The highest BCUT2D eigenvalue weighted by Gasteiger charge is 2.03. The number of aliphatic hydroxyl groups excluding tert-OH is 1. The number of aryl methyl sites for hydroxylation is 1. The Kier molecular flexibility index (Phi) is 5.43. The molecule has 0 fully saturated rings. The smallest absolute Gasteiger partial charge is 0.105 e. The molecule has 0 bridgehead atoms. The molecule has 0 amide bonds. The molecular formula is C12H21NO2. The van der Waals surface area contributed by atoms with Gasteiger partial charge in [-0.2, -0.15) is 0 Å². The number of hydrogen-bond donors (Lipinski definition) is 2. The summed E-state index contributed by atoms with van der Waals surface area (Å²) in [6, 6.07) is 4.00. The highest BCUT2D eigenvalue weighted by molar-refractivity contribution is 5.05. The van der Waals surface area contributed by atoms with Crippen molar-refractivity contribution in [1.29, 1.82) is 0 Å². The van der Waals surface area contributed by atoms with Crippen molar-refractivity contribution in [3.05, 3.63) is 23.7 Å². The Morgan fingerprint density at radius 3 is 2.80 bits per heavy atom. The Morgan fingerprint density at radius 1 is 1.47 bits per heavy atom. The second-order valence-electron chi connectivity index (χ2n) is 3.92. The third-order valence-corrected chi connectivity index (χ3v) is 2.61. The molecule has 0 radical (unpaired) electrons. The molecule has 0 aromatic carbocycles. The van der Waals surface area contributed by atoms with Gasteiger partial charge < -0.3 is 14.8 Å². The lowest BCUT2D eigenvalue weighted by Gasteiger charge is -2.11. The normalized spacial score (nSPS) is 13.0. The third kappa shape index (κ3) is 4.49. The lowest BCUT2D eigenvalue weighted by molar-refractivity contribution is 0.219. The maximum atomic E-state index is 8.99. The maximum absolute atomic E-state index is 8.99. The summed E-state index contributed by atoms with van der Waals surface area (Å²) in [5.41, 5.74) is 0. The molecule has 1 unspecified atom stereocenters. The molecule has 1 rings (SSSR count). The quantitative estimate of drug-likeness (QED) is 0.675. The Hall–Kier alpha value is -0.800. The number of aliphatic hydroxyl groups is 1. The number of nitrogens with one attached hydrogen (secondary N) is 1. The Balaban J connectivity index is 2.11. The summed E-state index contributed by atoms with van der Waals surface area (Å²) in [4.78, 5) is 0. The van der Waals surface area contributed by atoms with E-state index in [0.29, 0.717) is 5.92 Å². The van der Waals surface area contributed by atoms with E-state index in [-0.39, 0.29) is 6.61 Å². The fourth-order valence-corrected chi connectivity index (χ4v) is 1.48. The van der Waals surface area contributed by atoms with Crippen LogP contribution in [0.1, 0.15) is 24.9 Å². The van der Waals surface area contributed by atoms with Crippen LogP contribution >= 0.6 is 0 Å². The van der Waals surface area contributed by atoms with Crippen LogP contribution in [0.3, 0.4) is 0 Å². The lowest BCUT2D eigenvalue weighted by atomic mass is 10.1. The molecule has 0 spiro atoms. The molecule has 3 nitrogen and oxygen atoms in total. The molecule has 1 aromatic rings. The molecule has 0 saturated heterocycles. The van der Waals surface area contributed by atoms with E-state index in [1.807, 2.05) is 19.1 Å². The fourth-order valence-electron chi connectivity index (χ4n) is 1.48. The minimum absolute atomic E-state index is 0.267. The van der Waals surface area contributed by atoms with Crippen molar-refractivity contribution < 1.29 is 9.52 Å². The first kappa shape index (κ1) is 12.3. The number of furan rings is 1. The maximum Gasteiger partial charge on any atom is 0.105 e. The lowest BCUT2D eigenvalue weighted by Crippen LogP contribution is -2.26. The van der Waals surface area contributed by atoms with E-state index in [1.165, 1.54) is 0 Å². The van der Waals surface area contributed by atoms with Crippen LogP contribution in [0.4, 0.5) is 0 Å². The molecule has 1 aromatic heterocycles. The van der Waals surface area contributed by atoms with E-state index in [2.05, 4.69) is 12.2 Å². The van der Waals surface area contributed by atoms with Crippen molar-refractivity contribution in [2.24, 2.45) is 5.92 Å². The summed E-state index contributed by atoms with van der Waals surface area (Å²) in [5, 5.41) is 12.3. The van der Waals surface area contributed by atoms with Crippen LogP contribution in [0.25, 0.3) is 0 Å². The molecule has 86 valence electrons. The van der Waals surface area contributed by atoms with E-state index in [1.54, 1.807) is 0 Å². The van der Waals surface area contributed by atoms with Gasteiger partial charge in [-0.05, 0) is 31.4 Å². The van der Waals surface area contributed by atoms with Crippen LogP contribution in [0.5, 0.6) is 0 Å². The number of rotatable bonds is 7. The molecule has 0 aliphatic heterocycles. The molecular weight excluding hydrogens is 190 g/mol. The first-order valence-electron chi connectivity index (χ1n) is 5.63. The molecule has 1 atom stereocenters. The minimum Gasteiger partial charge on any atom is -0.466 e. The summed E-state index contributed by atoms with van der Waals surface area (Å²) in [6.07, 6.45) is 1.93. The zero-order valence-electron chi connectivity index (χ0n) is 9.62. The Morgan fingerprint density at radius 2 is 2.27 bits per heavy atom. The van der Waals surface area contributed by atoms with Crippen molar-refractivity contribution in [2.45, 2.75) is 26.7 Å². The van der Waals surface area contributed by atoms with Gasteiger partial charge in [-0.15, -0.1) is 0 Å². The van der Waals surface area contributed by atoms with Crippen molar-refractivity contribution in [3.63, 3.8) is 0 Å². The van der Waals surface area contributed by atoms with E-state index in [4.69, 9.17) is 9.52 Å². The summed E-state index contributed by atoms with van der Waals surface area (Å²) < 4.78 is 5.45. The zero-order valence-corrected chi connectivity index (χ0v) is 9.62. The standard InChI is InChI=1S/C12H21NO2/c1-3-11(9-14)8-13-7-6-12-5-4-10(2)15-12/h4-5,11,13-14H,3,6-9H2,1-2H3. The van der Waals surface area contributed by atoms with Crippen LogP contribution in [-0.2, 0) is 6.42 Å². The van der Waals surface area contributed by atoms with Crippen LogP contribution in [0.2, 0.25) is 0 Å². The van der Waals surface area contributed by atoms with Crippen molar-refractivity contribution in [3.8, 4) is 0 Å². The highest BCUT2D eigenvalue weighted by Crippen LogP contribution is 2.06. The fraction of sp³-hybridized carbons (Fsp3) is 0.667. The van der Waals surface area contributed by atoms with Gasteiger partial charge in [-0.25, -0.2) is 0 Å². The summed E-state index contributed by atoms with van der Waals surface area (Å²) >= 11 is 0. The van der Waals surface area contributed by atoms with Crippen LogP contribution in [-0.4, -0.2) is 24.8 Å². The van der Waals surface area contributed by atoms with Gasteiger partial charge in [0.15, 0.2) is 0 Å². The average Bonchev–Trinajstić information content (AvgIpc) is 2.65. The van der Waals surface area contributed by atoms with Crippen LogP contribution < -0.4 is 5.32 Å². The van der Waals surface area contributed by atoms with Crippen molar-refractivity contribution in [2.75, 3.05) is 19.7 Å². The van der Waals surface area contributed by atoms with Gasteiger partial charge in [0.25, 0.3) is 0 Å². The Bertz CT molecular complexity index is 266. The van der Waals surface area contributed by atoms with Crippen LogP contribution in [0, 0.1) is 12.8 Å². The molecule has 1 heterocycles. The van der Waals surface area contributed by atoms with Gasteiger partial charge in [0, 0.05) is 26.1 Å². The molecule has 2 N–H and O–H groups in total. The largest absolute Gasteiger partial charge is 0.466 e. The van der Waals surface area contributed by atoms with Gasteiger partial charge in [0.2, 0.25) is 0 Å². The third-order valence-electron chi connectivity index (χ3n) is 2.61. The van der Waals surface area contributed by atoms with Gasteiger partial charge >= 0.3 is 0 Å². The SMILES string of the molecule is CCC(CO)CNCCc1ccc(C)o1. The monoisotopic (exact) mass is 211 g/mol. The molecule has 3 heteroatoms. The van der Waals surface area contributed by atoms with Gasteiger partial charge in [0.1, 0.15) is 11.5 Å². The zero-order chi connectivity index (χ0) is 11.1. The first-order valence-corrected chi connectivity index (χ1v) is 5.63. The van der Waals surface area contributed by atoms with Gasteiger partial charge in [-0.3, -0.25) is 0 Å².